The molecule has 1 saturated heterocycles. The van der Waals surface area contributed by atoms with E-state index in [4.69, 9.17) is 5.11 Å². The topological polar surface area (TPSA) is 69.6 Å². The number of benzene rings is 1. The SMILES string of the molecule is O=C(O)[C@@H]1CN(C(=O)Nc2cccc(CC(F)(F)F)c2)C[C@H]1C(F)(F)F. The lowest BCUT2D eigenvalue weighted by Gasteiger charge is -2.19. The normalized spacial score (nSPS) is 20.9. The summed E-state index contributed by atoms with van der Waals surface area (Å²) < 4.78 is 75.9. The first-order chi connectivity index (χ1) is 11.9. The van der Waals surface area contributed by atoms with E-state index in [0.717, 1.165) is 6.07 Å². The molecule has 2 amide bonds. The van der Waals surface area contributed by atoms with Crippen LogP contribution in [0, 0.1) is 11.8 Å². The predicted octanol–water partition coefficient (Wildman–Crippen LogP) is 3.52. The lowest BCUT2D eigenvalue weighted by atomic mass is 9.96. The number of carbonyl (C=O) groups is 2. The molecule has 5 nitrogen and oxygen atoms in total. The van der Waals surface area contributed by atoms with Crippen LogP contribution < -0.4 is 5.32 Å². The van der Waals surface area contributed by atoms with Crippen molar-refractivity contribution in [3.63, 3.8) is 0 Å². The molecule has 0 saturated carbocycles. The number of halogens is 6. The number of hydrogen-bond donors (Lipinski definition) is 2. The zero-order chi connectivity index (χ0) is 19.7. The first-order valence-electron chi connectivity index (χ1n) is 7.38. The van der Waals surface area contributed by atoms with Crippen molar-refractivity contribution in [2.75, 3.05) is 18.4 Å². The molecule has 1 fully saturated rings. The number of carboxylic acids is 1. The Labute approximate surface area is 143 Å². The second kappa shape index (κ2) is 7.04. The molecule has 0 aliphatic carbocycles. The van der Waals surface area contributed by atoms with Gasteiger partial charge in [0.1, 0.15) is 0 Å². The van der Waals surface area contributed by atoms with Crippen molar-refractivity contribution in [1.29, 1.82) is 0 Å². The summed E-state index contributed by atoms with van der Waals surface area (Å²) in [6.07, 6.45) is -10.5. The third-order valence-corrected chi connectivity index (χ3v) is 3.93. The van der Waals surface area contributed by atoms with Gasteiger partial charge in [-0.2, -0.15) is 26.3 Å². The molecule has 0 spiro atoms. The van der Waals surface area contributed by atoms with Crippen LogP contribution in [-0.2, 0) is 11.2 Å². The molecule has 0 unspecified atom stereocenters. The number of hydrogen-bond acceptors (Lipinski definition) is 2. The summed E-state index contributed by atoms with van der Waals surface area (Å²) in [6, 6.07) is 3.78. The van der Waals surface area contributed by atoms with E-state index in [2.05, 4.69) is 5.32 Å². The molecule has 1 aromatic carbocycles. The number of carbonyl (C=O) groups excluding carboxylic acids is 1. The van der Waals surface area contributed by atoms with Gasteiger partial charge in [-0.15, -0.1) is 0 Å². The smallest absolute Gasteiger partial charge is 0.394 e. The molecule has 0 bridgehead atoms. The Bertz CT molecular complexity index is 689. The maximum absolute atomic E-state index is 12.9. The van der Waals surface area contributed by atoms with Gasteiger partial charge in [-0.3, -0.25) is 4.79 Å². The predicted molar refractivity (Wildman–Crippen MR) is 77.5 cm³/mol. The molecule has 1 aromatic rings. The average molecular weight is 384 g/mol. The third-order valence-electron chi connectivity index (χ3n) is 3.93. The van der Waals surface area contributed by atoms with E-state index in [1.165, 1.54) is 18.2 Å². The fourth-order valence-corrected chi connectivity index (χ4v) is 2.74. The summed E-state index contributed by atoms with van der Waals surface area (Å²) in [4.78, 5) is 23.8. The number of nitrogens with zero attached hydrogens (tertiary/aromatic N) is 1. The van der Waals surface area contributed by atoms with Crippen LogP contribution >= 0.6 is 0 Å². The van der Waals surface area contributed by atoms with E-state index in [1.807, 2.05) is 0 Å². The highest BCUT2D eigenvalue weighted by atomic mass is 19.4. The highest BCUT2D eigenvalue weighted by Crippen LogP contribution is 2.38. The number of alkyl halides is 6. The van der Waals surface area contributed by atoms with Gasteiger partial charge in [0.05, 0.1) is 18.3 Å². The summed E-state index contributed by atoms with van der Waals surface area (Å²) in [7, 11) is 0. The van der Waals surface area contributed by atoms with Gasteiger partial charge in [0.2, 0.25) is 0 Å². The summed E-state index contributed by atoms with van der Waals surface area (Å²) in [5.74, 6) is -5.67. The van der Waals surface area contributed by atoms with Crippen LogP contribution in [0.2, 0.25) is 0 Å². The van der Waals surface area contributed by atoms with Gasteiger partial charge in [0.25, 0.3) is 0 Å². The average Bonchev–Trinajstić information content (AvgIpc) is 2.91. The van der Waals surface area contributed by atoms with E-state index >= 15 is 0 Å². The fourth-order valence-electron chi connectivity index (χ4n) is 2.74. The molecule has 1 aliphatic heterocycles. The number of aliphatic carboxylic acids is 1. The number of amides is 2. The Hall–Kier alpha value is -2.46. The van der Waals surface area contributed by atoms with Crippen molar-refractivity contribution >= 4 is 17.7 Å². The molecule has 0 radical (unpaired) electrons. The number of rotatable bonds is 3. The molecule has 11 heteroatoms. The van der Waals surface area contributed by atoms with Crippen molar-refractivity contribution < 1.29 is 41.0 Å². The van der Waals surface area contributed by atoms with E-state index in [-0.39, 0.29) is 11.3 Å². The summed E-state index contributed by atoms with van der Waals surface area (Å²) in [5.41, 5.74) is -0.160. The first-order valence-corrected chi connectivity index (χ1v) is 7.38. The van der Waals surface area contributed by atoms with Crippen LogP contribution in [0.5, 0.6) is 0 Å². The number of carboxylic acid groups (broad SMARTS) is 1. The standard InChI is InChI=1S/C15H14F6N2O3/c16-14(17,18)5-8-2-1-3-9(4-8)22-13(26)23-6-10(12(24)25)11(7-23)15(19,20)21/h1-4,10-11H,5-7H2,(H,22,26)(H,24,25)/t10-,11-/m1/s1. The van der Waals surface area contributed by atoms with Crippen molar-refractivity contribution in [1.82, 2.24) is 4.90 Å². The molecular weight excluding hydrogens is 370 g/mol. The molecule has 26 heavy (non-hydrogen) atoms. The van der Waals surface area contributed by atoms with Crippen LogP contribution in [0.25, 0.3) is 0 Å². The van der Waals surface area contributed by atoms with E-state index in [1.54, 1.807) is 0 Å². The Kier molecular flexibility index (Phi) is 5.38. The molecule has 144 valence electrons. The molecule has 2 N–H and O–H groups in total. The van der Waals surface area contributed by atoms with Gasteiger partial charge in [0.15, 0.2) is 0 Å². The lowest BCUT2D eigenvalue weighted by molar-refractivity contribution is -0.187. The van der Waals surface area contributed by atoms with E-state index in [9.17, 15) is 35.9 Å². The van der Waals surface area contributed by atoms with Crippen molar-refractivity contribution in [3.05, 3.63) is 29.8 Å². The Morgan fingerprint density at radius 3 is 2.31 bits per heavy atom. The Morgan fingerprint density at radius 1 is 1.15 bits per heavy atom. The minimum absolute atomic E-state index is 0.0286. The lowest BCUT2D eigenvalue weighted by Crippen LogP contribution is -2.35. The Morgan fingerprint density at radius 2 is 1.81 bits per heavy atom. The molecule has 1 heterocycles. The fraction of sp³-hybridized carbons (Fsp3) is 0.467. The van der Waals surface area contributed by atoms with Crippen molar-refractivity contribution in [3.8, 4) is 0 Å². The van der Waals surface area contributed by atoms with Crippen LogP contribution in [0.4, 0.5) is 36.8 Å². The molecule has 2 atom stereocenters. The summed E-state index contributed by atoms with van der Waals surface area (Å²) in [6.45, 7) is -1.48. The molecule has 1 aliphatic rings. The second-order valence-corrected chi connectivity index (χ2v) is 5.92. The van der Waals surface area contributed by atoms with Gasteiger partial charge >= 0.3 is 24.4 Å². The third kappa shape index (κ3) is 5.02. The van der Waals surface area contributed by atoms with E-state index < -0.39 is 55.7 Å². The van der Waals surface area contributed by atoms with Crippen LogP contribution in [0.3, 0.4) is 0 Å². The maximum atomic E-state index is 12.9. The number of urea groups is 1. The Balaban J connectivity index is 2.09. The highest BCUT2D eigenvalue weighted by Gasteiger charge is 2.53. The van der Waals surface area contributed by atoms with Gasteiger partial charge in [-0.25, -0.2) is 4.79 Å². The van der Waals surface area contributed by atoms with Crippen LogP contribution in [-0.4, -0.2) is 47.4 Å². The molecule has 2 rings (SSSR count). The molecule has 0 aromatic heterocycles. The number of anilines is 1. The first kappa shape index (κ1) is 19.9. The summed E-state index contributed by atoms with van der Waals surface area (Å²) in [5, 5.41) is 11.1. The molecular formula is C15H14F6N2O3. The minimum Gasteiger partial charge on any atom is -0.481 e. The van der Waals surface area contributed by atoms with E-state index in [0.29, 0.717) is 4.90 Å². The van der Waals surface area contributed by atoms with Gasteiger partial charge in [-0.1, -0.05) is 12.1 Å². The summed E-state index contributed by atoms with van der Waals surface area (Å²) >= 11 is 0. The van der Waals surface area contributed by atoms with Crippen molar-refractivity contribution in [2.45, 2.75) is 18.8 Å². The van der Waals surface area contributed by atoms with Gasteiger partial charge in [-0.05, 0) is 17.7 Å². The zero-order valence-corrected chi connectivity index (χ0v) is 13.1. The minimum atomic E-state index is -4.79. The van der Waals surface area contributed by atoms with Crippen LogP contribution in [0.1, 0.15) is 5.56 Å². The van der Waals surface area contributed by atoms with Crippen molar-refractivity contribution in [2.24, 2.45) is 11.8 Å². The van der Waals surface area contributed by atoms with Gasteiger partial charge < -0.3 is 15.3 Å². The quantitative estimate of drug-likeness (QED) is 0.784. The maximum Gasteiger partial charge on any atom is 0.394 e. The zero-order valence-electron chi connectivity index (χ0n) is 13.1. The van der Waals surface area contributed by atoms with Gasteiger partial charge in [0, 0.05) is 18.8 Å². The monoisotopic (exact) mass is 384 g/mol. The number of nitrogens with one attached hydrogen (secondary N) is 1. The largest absolute Gasteiger partial charge is 0.481 e. The highest BCUT2D eigenvalue weighted by molar-refractivity contribution is 5.90. The number of likely N-dealkylation sites (tertiary alicyclic amines) is 1. The van der Waals surface area contributed by atoms with Crippen LogP contribution in [0.15, 0.2) is 24.3 Å². The second-order valence-electron chi connectivity index (χ2n) is 5.92.